The van der Waals surface area contributed by atoms with Crippen LogP contribution in [0, 0.1) is 17.3 Å². The van der Waals surface area contributed by atoms with Crippen LogP contribution in [0.15, 0.2) is 0 Å². The average Bonchev–Trinajstić information content (AvgIpc) is 2.26. The van der Waals surface area contributed by atoms with Crippen molar-refractivity contribution in [2.45, 2.75) is 53.5 Å². The van der Waals surface area contributed by atoms with Crippen LogP contribution in [-0.2, 0) is 4.79 Å². The summed E-state index contributed by atoms with van der Waals surface area (Å²) in [6.45, 7) is 12.2. The number of halogens is 1. The lowest BCUT2D eigenvalue weighted by molar-refractivity contribution is -0.140. The summed E-state index contributed by atoms with van der Waals surface area (Å²) in [5, 5.41) is 0. The molecular weight excluding hydrogens is 248 g/mol. The maximum atomic E-state index is 12.4. The van der Waals surface area contributed by atoms with Gasteiger partial charge in [-0.1, -0.05) is 27.7 Å². The standard InChI is InChI=1S/C14H28N2O.ClH/c1-10(14(3,4)5)13(17)16-8-6-7-12(9-16)11(2)15;/h10-12H,6-9,15H2,1-5H3;1H. The van der Waals surface area contributed by atoms with E-state index in [9.17, 15) is 4.79 Å². The average molecular weight is 277 g/mol. The largest absolute Gasteiger partial charge is 0.342 e. The Bertz CT molecular complexity index is 273. The number of likely N-dealkylation sites (tertiary alicyclic amines) is 1. The Hall–Kier alpha value is -0.280. The minimum atomic E-state index is 0. The molecule has 1 rings (SSSR count). The molecule has 0 radical (unpaired) electrons. The number of hydrogen-bond donors (Lipinski definition) is 1. The van der Waals surface area contributed by atoms with Gasteiger partial charge in [-0.2, -0.15) is 0 Å². The van der Waals surface area contributed by atoms with Gasteiger partial charge in [0.1, 0.15) is 0 Å². The number of amides is 1. The van der Waals surface area contributed by atoms with Crippen LogP contribution in [0.2, 0.25) is 0 Å². The zero-order chi connectivity index (χ0) is 13.2. The highest BCUT2D eigenvalue weighted by atomic mass is 35.5. The van der Waals surface area contributed by atoms with E-state index in [-0.39, 0.29) is 29.8 Å². The minimum Gasteiger partial charge on any atom is -0.342 e. The van der Waals surface area contributed by atoms with Crippen LogP contribution < -0.4 is 5.73 Å². The molecule has 3 atom stereocenters. The van der Waals surface area contributed by atoms with Gasteiger partial charge in [0.25, 0.3) is 0 Å². The number of carbonyl (C=O) groups is 1. The van der Waals surface area contributed by atoms with Crippen LogP contribution in [-0.4, -0.2) is 29.9 Å². The van der Waals surface area contributed by atoms with Gasteiger partial charge in [-0.25, -0.2) is 0 Å². The number of nitrogens with zero attached hydrogens (tertiary/aromatic N) is 1. The van der Waals surface area contributed by atoms with E-state index in [2.05, 4.69) is 20.8 Å². The minimum absolute atomic E-state index is 0. The molecule has 3 nitrogen and oxygen atoms in total. The van der Waals surface area contributed by atoms with Crippen molar-refractivity contribution in [2.75, 3.05) is 13.1 Å². The number of rotatable bonds is 2. The fourth-order valence-corrected chi connectivity index (χ4v) is 2.28. The molecule has 0 saturated carbocycles. The van der Waals surface area contributed by atoms with Crippen molar-refractivity contribution >= 4 is 18.3 Å². The Labute approximate surface area is 118 Å². The molecule has 3 unspecified atom stereocenters. The summed E-state index contributed by atoms with van der Waals surface area (Å²) < 4.78 is 0. The molecular formula is C14H29ClN2O. The molecule has 1 heterocycles. The third kappa shape index (κ3) is 4.43. The topological polar surface area (TPSA) is 46.3 Å². The van der Waals surface area contributed by atoms with Gasteiger partial charge in [0.15, 0.2) is 0 Å². The molecule has 4 heteroatoms. The SMILES string of the molecule is CC(N)C1CCCN(C(=O)C(C)C(C)(C)C)C1.Cl. The third-order valence-corrected chi connectivity index (χ3v) is 4.18. The first-order valence-corrected chi connectivity index (χ1v) is 6.78. The molecule has 0 bridgehead atoms. The van der Waals surface area contributed by atoms with Gasteiger partial charge in [0.05, 0.1) is 0 Å². The van der Waals surface area contributed by atoms with E-state index in [1.54, 1.807) is 0 Å². The Morgan fingerprint density at radius 3 is 2.33 bits per heavy atom. The molecule has 0 spiro atoms. The van der Waals surface area contributed by atoms with Crippen LogP contribution in [0.1, 0.15) is 47.5 Å². The number of nitrogens with two attached hydrogens (primary N) is 1. The first-order valence-electron chi connectivity index (χ1n) is 6.78. The molecule has 108 valence electrons. The van der Waals surface area contributed by atoms with Gasteiger partial charge in [-0.3, -0.25) is 4.79 Å². The molecule has 1 fully saturated rings. The van der Waals surface area contributed by atoms with E-state index in [1.165, 1.54) is 0 Å². The summed E-state index contributed by atoms with van der Waals surface area (Å²) in [4.78, 5) is 14.4. The van der Waals surface area contributed by atoms with Crippen LogP contribution in [0.25, 0.3) is 0 Å². The Kier molecular flexibility index (Phi) is 6.66. The highest BCUT2D eigenvalue weighted by molar-refractivity contribution is 5.85. The molecule has 1 aliphatic heterocycles. The second-order valence-corrected chi connectivity index (χ2v) is 6.63. The van der Waals surface area contributed by atoms with Crippen molar-refractivity contribution in [1.82, 2.24) is 4.90 Å². The highest BCUT2D eigenvalue weighted by Gasteiger charge is 2.33. The van der Waals surface area contributed by atoms with Gasteiger partial charge in [-0.15, -0.1) is 12.4 Å². The molecule has 1 aliphatic rings. The van der Waals surface area contributed by atoms with Crippen LogP contribution in [0.4, 0.5) is 0 Å². The van der Waals surface area contributed by atoms with Crippen molar-refractivity contribution in [1.29, 1.82) is 0 Å². The summed E-state index contributed by atoms with van der Waals surface area (Å²) in [5.74, 6) is 0.844. The van der Waals surface area contributed by atoms with Gasteiger partial charge in [0.2, 0.25) is 5.91 Å². The van der Waals surface area contributed by atoms with Crippen molar-refractivity contribution in [2.24, 2.45) is 23.0 Å². The first-order chi connectivity index (χ1) is 7.73. The number of carbonyl (C=O) groups excluding carboxylic acids is 1. The molecule has 1 saturated heterocycles. The smallest absolute Gasteiger partial charge is 0.225 e. The molecule has 1 amide bonds. The van der Waals surface area contributed by atoms with Gasteiger partial charge in [-0.05, 0) is 31.1 Å². The summed E-state index contributed by atoms with van der Waals surface area (Å²) in [6, 6.07) is 0.190. The molecule has 0 aromatic heterocycles. The summed E-state index contributed by atoms with van der Waals surface area (Å²) in [5.41, 5.74) is 5.99. The molecule has 0 aliphatic carbocycles. The Morgan fingerprint density at radius 2 is 1.89 bits per heavy atom. The van der Waals surface area contributed by atoms with Crippen molar-refractivity contribution in [3.8, 4) is 0 Å². The predicted molar refractivity (Wildman–Crippen MR) is 78.8 cm³/mol. The summed E-state index contributed by atoms with van der Waals surface area (Å²) in [7, 11) is 0. The van der Waals surface area contributed by atoms with Crippen LogP contribution in [0.3, 0.4) is 0 Å². The number of hydrogen-bond acceptors (Lipinski definition) is 2. The molecule has 0 aromatic rings. The lowest BCUT2D eigenvalue weighted by Crippen LogP contribution is -2.48. The van der Waals surface area contributed by atoms with E-state index >= 15 is 0 Å². The zero-order valence-electron chi connectivity index (χ0n) is 12.4. The summed E-state index contributed by atoms with van der Waals surface area (Å²) >= 11 is 0. The second-order valence-electron chi connectivity index (χ2n) is 6.63. The quantitative estimate of drug-likeness (QED) is 0.843. The van der Waals surface area contributed by atoms with E-state index in [0.29, 0.717) is 11.8 Å². The van der Waals surface area contributed by atoms with Gasteiger partial charge in [0, 0.05) is 25.0 Å². The van der Waals surface area contributed by atoms with E-state index in [0.717, 1.165) is 25.9 Å². The van der Waals surface area contributed by atoms with E-state index in [4.69, 9.17) is 5.73 Å². The van der Waals surface area contributed by atoms with Crippen LogP contribution in [0.5, 0.6) is 0 Å². The van der Waals surface area contributed by atoms with Crippen LogP contribution >= 0.6 is 12.4 Å². The van der Waals surface area contributed by atoms with E-state index < -0.39 is 0 Å². The molecule has 18 heavy (non-hydrogen) atoms. The Balaban J connectivity index is 0.00000289. The highest BCUT2D eigenvalue weighted by Crippen LogP contribution is 2.29. The zero-order valence-corrected chi connectivity index (χ0v) is 13.2. The van der Waals surface area contributed by atoms with E-state index in [1.807, 2.05) is 18.7 Å². The Morgan fingerprint density at radius 1 is 1.33 bits per heavy atom. The first kappa shape index (κ1) is 17.7. The van der Waals surface area contributed by atoms with Gasteiger partial charge < -0.3 is 10.6 Å². The van der Waals surface area contributed by atoms with Gasteiger partial charge >= 0.3 is 0 Å². The van der Waals surface area contributed by atoms with Crippen molar-refractivity contribution in [3.05, 3.63) is 0 Å². The number of piperidine rings is 1. The maximum Gasteiger partial charge on any atom is 0.225 e. The molecule has 0 aromatic carbocycles. The normalized spacial score (nSPS) is 24.1. The lowest BCUT2D eigenvalue weighted by atomic mass is 9.80. The summed E-state index contributed by atoms with van der Waals surface area (Å²) in [6.07, 6.45) is 2.25. The lowest BCUT2D eigenvalue weighted by Gasteiger charge is -2.38. The van der Waals surface area contributed by atoms with Crippen molar-refractivity contribution < 1.29 is 4.79 Å². The fraction of sp³-hybridized carbons (Fsp3) is 0.929. The monoisotopic (exact) mass is 276 g/mol. The third-order valence-electron chi connectivity index (χ3n) is 4.18. The predicted octanol–water partition coefficient (Wildman–Crippen LogP) is 2.68. The molecule has 2 N–H and O–H groups in total. The van der Waals surface area contributed by atoms with Crippen molar-refractivity contribution in [3.63, 3.8) is 0 Å². The fourth-order valence-electron chi connectivity index (χ4n) is 2.28. The maximum absolute atomic E-state index is 12.4. The second kappa shape index (κ2) is 6.76.